The summed E-state index contributed by atoms with van der Waals surface area (Å²) in [6, 6.07) is 7.51. The molecule has 2 aliphatic heterocycles. The third-order valence-electron chi connectivity index (χ3n) is 6.16. The maximum atomic E-state index is 14.8. The van der Waals surface area contributed by atoms with Crippen LogP contribution in [0.25, 0.3) is 16.9 Å². The van der Waals surface area contributed by atoms with Gasteiger partial charge >= 0.3 is 0 Å². The van der Waals surface area contributed by atoms with E-state index in [1.807, 2.05) is 6.07 Å². The zero-order chi connectivity index (χ0) is 20.8. The van der Waals surface area contributed by atoms with Crippen molar-refractivity contribution < 1.29 is 13.9 Å². The van der Waals surface area contributed by atoms with E-state index in [9.17, 15) is 13.9 Å². The second kappa shape index (κ2) is 7.32. The molecular weight excluding hydrogens is 390 g/mol. The van der Waals surface area contributed by atoms with Crippen molar-refractivity contribution in [2.24, 2.45) is 0 Å². The smallest absolute Gasteiger partial charge is 0.151 e. The Morgan fingerprint density at radius 1 is 1.13 bits per heavy atom. The van der Waals surface area contributed by atoms with Gasteiger partial charge < -0.3 is 19.9 Å². The Morgan fingerprint density at radius 3 is 2.70 bits per heavy atom. The van der Waals surface area contributed by atoms with Crippen molar-refractivity contribution in [1.82, 2.24) is 25.1 Å². The first-order valence-corrected chi connectivity index (χ1v) is 9.94. The number of piperidine rings is 1. The number of rotatable bonds is 4. The summed E-state index contributed by atoms with van der Waals surface area (Å²) in [6.07, 6.45) is 3.52. The molecule has 30 heavy (non-hydrogen) atoms. The van der Waals surface area contributed by atoms with Gasteiger partial charge in [-0.3, -0.25) is 0 Å². The highest BCUT2D eigenvalue weighted by Gasteiger charge is 2.48. The highest BCUT2D eigenvalue weighted by Crippen LogP contribution is 2.35. The molecule has 0 saturated carbocycles. The number of phenolic OH excluding ortho intramolecular Hbond substituents is 1. The summed E-state index contributed by atoms with van der Waals surface area (Å²) in [5.74, 6) is 0.585. The number of benzene rings is 1. The van der Waals surface area contributed by atoms with E-state index < -0.39 is 24.4 Å². The second-order valence-corrected chi connectivity index (χ2v) is 7.94. The topological polar surface area (TPSA) is 79.1 Å². The largest absolute Gasteiger partial charge is 0.507 e. The lowest BCUT2D eigenvalue weighted by atomic mass is 9.96. The fraction of sp³-hybridized carbons (Fsp3) is 0.381. The number of nitrogens with one attached hydrogen (secondary N) is 1. The Hall–Kier alpha value is -3.07. The maximum absolute atomic E-state index is 14.8. The first kappa shape index (κ1) is 18.9. The van der Waals surface area contributed by atoms with Crippen LogP contribution in [0.15, 0.2) is 49.1 Å². The normalized spacial score (nSPS) is 27.9. The molecule has 2 saturated heterocycles. The summed E-state index contributed by atoms with van der Waals surface area (Å²) >= 11 is 0. The fourth-order valence-electron chi connectivity index (χ4n) is 4.46. The maximum Gasteiger partial charge on any atom is 0.151 e. The molecule has 0 spiro atoms. The van der Waals surface area contributed by atoms with E-state index >= 15 is 0 Å². The van der Waals surface area contributed by atoms with Gasteiger partial charge in [0.05, 0.1) is 23.8 Å². The molecule has 2 bridgehead atoms. The number of aromatic hydroxyl groups is 1. The SMILES string of the molecule is CN(c1ccc(-c2ccc(-n3ccnc3)cc2O)nn1)[C@@H]1CC2NC(C[C@@H]2F)[C@H]1F. The van der Waals surface area contributed by atoms with Gasteiger partial charge in [-0.2, -0.15) is 0 Å². The van der Waals surface area contributed by atoms with Gasteiger partial charge in [0.25, 0.3) is 0 Å². The lowest BCUT2D eigenvalue weighted by Crippen LogP contribution is -2.56. The molecule has 0 radical (unpaired) electrons. The van der Waals surface area contributed by atoms with E-state index in [0.29, 0.717) is 23.5 Å². The number of fused-ring (bicyclic) bond motifs is 2. The van der Waals surface area contributed by atoms with Crippen molar-refractivity contribution in [3.63, 3.8) is 0 Å². The predicted molar refractivity (Wildman–Crippen MR) is 108 cm³/mol. The van der Waals surface area contributed by atoms with E-state index in [2.05, 4.69) is 20.5 Å². The van der Waals surface area contributed by atoms with Gasteiger partial charge in [0.15, 0.2) is 5.82 Å². The van der Waals surface area contributed by atoms with Crippen LogP contribution in [0.4, 0.5) is 14.6 Å². The van der Waals surface area contributed by atoms with E-state index in [0.717, 1.165) is 5.69 Å². The lowest BCUT2D eigenvalue weighted by molar-refractivity contribution is 0.172. The van der Waals surface area contributed by atoms with Crippen LogP contribution in [0, 0.1) is 0 Å². The number of imidazole rings is 1. The highest BCUT2D eigenvalue weighted by molar-refractivity contribution is 5.69. The van der Waals surface area contributed by atoms with Crippen LogP contribution >= 0.6 is 0 Å². The molecule has 5 rings (SSSR count). The summed E-state index contributed by atoms with van der Waals surface area (Å²) < 4.78 is 30.6. The first-order valence-electron chi connectivity index (χ1n) is 9.94. The Balaban J connectivity index is 1.36. The molecular formula is C21H22F2N6O. The molecule has 7 nitrogen and oxygen atoms in total. The van der Waals surface area contributed by atoms with Gasteiger partial charge in [0.2, 0.25) is 0 Å². The molecule has 0 amide bonds. The average molecular weight is 412 g/mol. The molecule has 2 aromatic heterocycles. The number of hydrogen-bond donors (Lipinski definition) is 2. The number of nitrogens with zero attached hydrogens (tertiary/aromatic N) is 5. The van der Waals surface area contributed by atoms with Gasteiger partial charge in [0.1, 0.15) is 18.1 Å². The Kier molecular flexibility index (Phi) is 4.62. The molecule has 156 valence electrons. The molecule has 5 atom stereocenters. The average Bonchev–Trinajstić information content (AvgIpc) is 3.39. The number of halogens is 2. The quantitative estimate of drug-likeness (QED) is 0.686. The van der Waals surface area contributed by atoms with Crippen molar-refractivity contribution >= 4 is 5.82 Å². The minimum atomic E-state index is -1.17. The first-order chi connectivity index (χ1) is 14.5. The zero-order valence-corrected chi connectivity index (χ0v) is 16.4. The minimum Gasteiger partial charge on any atom is -0.507 e. The number of anilines is 1. The summed E-state index contributed by atoms with van der Waals surface area (Å²) in [5, 5.41) is 21.9. The number of hydrogen-bond acceptors (Lipinski definition) is 6. The summed E-state index contributed by atoms with van der Waals surface area (Å²) in [5.41, 5.74) is 1.83. The lowest BCUT2D eigenvalue weighted by Gasteiger charge is -2.38. The van der Waals surface area contributed by atoms with Crippen LogP contribution in [-0.2, 0) is 0 Å². The molecule has 4 heterocycles. The van der Waals surface area contributed by atoms with Crippen molar-refractivity contribution in [3.8, 4) is 22.7 Å². The zero-order valence-electron chi connectivity index (χ0n) is 16.4. The Morgan fingerprint density at radius 2 is 2.00 bits per heavy atom. The predicted octanol–water partition coefficient (Wildman–Crippen LogP) is 2.65. The van der Waals surface area contributed by atoms with Crippen LogP contribution in [0.3, 0.4) is 0 Å². The number of alkyl halides is 2. The molecule has 0 aliphatic carbocycles. The molecule has 2 N–H and O–H groups in total. The van der Waals surface area contributed by atoms with Gasteiger partial charge in [-0.05, 0) is 37.1 Å². The van der Waals surface area contributed by atoms with Crippen LogP contribution in [0.5, 0.6) is 5.75 Å². The fourth-order valence-corrected chi connectivity index (χ4v) is 4.46. The molecule has 2 unspecified atom stereocenters. The third kappa shape index (κ3) is 3.19. The number of phenols is 1. The van der Waals surface area contributed by atoms with E-state index in [1.165, 1.54) is 0 Å². The monoisotopic (exact) mass is 412 g/mol. The van der Waals surface area contributed by atoms with E-state index in [1.54, 1.807) is 59.5 Å². The summed E-state index contributed by atoms with van der Waals surface area (Å²) in [6.45, 7) is 0. The standard InChI is InChI=1S/C21H22F2N6O/c1-28(18-10-16-14(22)9-17(25-16)21(18)23)20-5-4-15(26-27-20)13-3-2-12(8-19(13)30)29-7-6-24-11-29/h2-8,11,14,16-18,21,25,30H,9-10H2,1H3/t14-,16?,17?,18+,21+/m0/s1. The third-order valence-corrected chi connectivity index (χ3v) is 6.16. The van der Waals surface area contributed by atoms with Gasteiger partial charge in [-0.1, -0.05) is 0 Å². The Labute approximate surface area is 172 Å². The van der Waals surface area contributed by atoms with Crippen LogP contribution < -0.4 is 10.2 Å². The van der Waals surface area contributed by atoms with Crippen molar-refractivity contribution in [3.05, 3.63) is 49.1 Å². The molecule has 2 fully saturated rings. The van der Waals surface area contributed by atoms with E-state index in [4.69, 9.17) is 0 Å². The van der Waals surface area contributed by atoms with E-state index in [-0.39, 0.29) is 18.2 Å². The van der Waals surface area contributed by atoms with Crippen LogP contribution in [-0.4, -0.2) is 62.4 Å². The summed E-state index contributed by atoms with van der Waals surface area (Å²) in [7, 11) is 1.76. The molecule has 9 heteroatoms. The number of aromatic nitrogens is 4. The second-order valence-electron chi connectivity index (χ2n) is 7.94. The van der Waals surface area contributed by atoms with Gasteiger partial charge in [0, 0.05) is 43.2 Å². The molecule has 1 aromatic carbocycles. The molecule has 3 aromatic rings. The van der Waals surface area contributed by atoms with Gasteiger partial charge in [-0.15, -0.1) is 10.2 Å². The van der Waals surface area contributed by atoms with Crippen molar-refractivity contribution in [1.29, 1.82) is 0 Å². The minimum absolute atomic E-state index is 0.0735. The Bertz CT molecular complexity index is 1030. The molecule has 2 aliphatic rings. The van der Waals surface area contributed by atoms with Crippen molar-refractivity contribution in [2.75, 3.05) is 11.9 Å². The van der Waals surface area contributed by atoms with Gasteiger partial charge in [-0.25, -0.2) is 13.8 Å². The summed E-state index contributed by atoms with van der Waals surface area (Å²) in [4.78, 5) is 5.74. The van der Waals surface area contributed by atoms with Crippen LogP contribution in [0.1, 0.15) is 12.8 Å². The highest BCUT2D eigenvalue weighted by atomic mass is 19.1. The van der Waals surface area contributed by atoms with Crippen LogP contribution in [0.2, 0.25) is 0 Å². The van der Waals surface area contributed by atoms with Crippen molar-refractivity contribution in [2.45, 2.75) is 43.3 Å².